The molecule has 1 N–H and O–H groups in total. The number of carbonyl (C=O) groups excluding carboxylic acids is 3. The number of hydrogen-bond acceptors (Lipinski definition) is 6. The minimum atomic E-state index is -1.18. The van der Waals surface area contributed by atoms with Crippen LogP contribution in [0, 0.1) is 17.8 Å². The van der Waals surface area contributed by atoms with Gasteiger partial charge in [0.1, 0.15) is 17.4 Å². The number of rotatable bonds is 14. The number of aliphatic hydroxyl groups is 1. The molecule has 2 aromatic rings. The molecular weight excluding hydrogens is 570 g/mol. The second-order valence-corrected chi connectivity index (χ2v) is 12.5. The van der Waals surface area contributed by atoms with Crippen LogP contribution in [0.25, 0.3) is 0 Å². The Morgan fingerprint density at radius 2 is 1.62 bits per heavy atom. The van der Waals surface area contributed by atoms with Gasteiger partial charge in [0.25, 0.3) is 5.91 Å². The maximum atomic E-state index is 14.8. The SMILES string of the molecule is C=CCN(C(=O)C1N(CCCCCO)C(=O)[C@@H]2[C@@H](C(=O)N(CC=C)c3ccccc3)[C@]3(C)OC12CC3C)c1ccc(OC)cc1. The molecule has 3 heterocycles. The minimum Gasteiger partial charge on any atom is -0.497 e. The third-order valence-corrected chi connectivity index (χ3v) is 9.98. The predicted molar refractivity (Wildman–Crippen MR) is 174 cm³/mol. The number of methoxy groups -OCH3 is 1. The Labute approximate surface area is 266 Å². The largest absolute Gasteiger partial charge is 0.497 e. The lowest BCUT2D eigenvalue weighted by Crippen LogP contribution is -2.57. The number of anilines is 2. The van der Waals surface area contributed by atoms with Crippen molar-refractivity contribution in [2.45, 2.75) is 56.8 Å². The molecule has 240 valence electrons. The first kappa shape index (κ1) is 32.4. The van der Waals surface area contributed by atoms with Crippen molar-refractivity contribution in [2.75, 3.05) is 43.2 Å². The number of likely N-dealkylation sites (tertiary alicyclic amines) is 1. The van der Waals surface area contributed by atoms with Gasteiger partial charge in [0, 0.05) is 37.6 Å². The van der Waals surface area contributed by atoms with Crippen LogP contribution in [0.1, 0.15) is 39.5 Å². The smallest absolute Gasteiger partial charge is 0.253 e. The van der Waals surface area contributed by atoms with Gasteiger partial charge in [-0.05, 0) is 74.9 Å². The molecule has 9 heteroatoms. The quantitative estimate of drug-likeness (QED) is 0.246. The number of hydrogen-bond donors (Lipinski definition) is 1. The predicted octanol–water partition coefficient (Wildman–Crippen LogP) is 4.61. The van der Waals surface area contributed by atoms with E-state index in [-0.39, 0.29) is 43.3 Å². The van der Waals surface area contributed by atoms with Crippen LogP contribution in [-0.4, -0.2) is 78.3 Å². The maximum Gasteiger partial charge on any atom is 0.253 e. The Morgan fingerprint density at radius 3 is 2.22 bits per heavy atom. The molecule has 45 heavy (non-hydrogen) atoms. The lowest BCUT2D eigenvalue weighted by molar-refractivity contribution is -0.145. The molecule has 9 nitrogen and oxygen atoms in total. The molecule has 3 unspecified atom stereocenters. The number of aliphatic hydroxyl groups excluding tert-OH is 1. The van der Waals surface area contributed by atoms with Crippen LogP contribution in [0.5, 0.6) is 5.75 Å². The van der Waals surface area contributed by atoms with Crippen LogP contribution in [0.4, 0.5) is 11.4 Å². The summed E-state index contributed by atoms with van der Waals surface area (Å²) in [7, 11) is 1.58. The third kappa shape index (κ3) is 5.46. The Balaban J connectivity index is 1.59. The number of para-hydroxylation sites is 1. The number of benzene rings is 2. The second-order valence-electron chi connectivity index (χ2n) is 12.5. The number of unbranched alkanes of at least 4 members (excludes halogenated alkanes) is 2. The molecular formula is C36H45N3O6. The molecule has 0 radical (unpaired) electrons. The first-order valence-corrected chi connectivity index (χ1v) is 15.8. The fraction of sp³-hybridized carbons (Fsp3) is 0.472. The fourth-order valence-corrected chi connectivity index (χ4v) is 7.79. The Morgan fingerprint density at radius 1 is 1.00 bits per heavy atom. The molecule has 3 fully saturated rings. The van der Waals surface area contributed by atoms with E-state index in [4.69, 9.17) is 9.47 Å². The van der Waals surface area contributed by atoms with E-state index in [1.165, 1.54) is 0 Å². The zero-order valence-corrected chi connectivity index (χ0v) is 26.6. The monoisotopic (exact) mass is 615 g/mol. The van der Waals surface area contributed by atoms with Crippen LogP contribution < -0.4 is 14.5 Å². The molecule has 0 aliphatic carbocycles. The summed E-state index contributed by atoms with van der Waals surface area (Å²) in [5, 5.41) is 9.38. The molecule has 3 aliphatic rings. The highest BCUT2D eigenvalue weighted by Gasteiger charge is 2.80. The topological polar surface area (TPSA) is 99.6 Å². The first-order valence-electron chi connectivity index (χ1n) is 15.8. The fourth-order valence-electron chi connectivity index (χ4n) is 7.79. The lowest BCUT2D eigenvalue weighted by Gasteiger charge is -2.39. The van der Waals surface area contributed by atoms with Crippen molar-refractivity contribution in [2.24, 2.45) is 17.8 Å². The van der Waals surface area contributed by atoms with Crippen molar-refractivity contribution in [3.05, 3.63) is 79.9 Å². The van der Waals surface area contributed by atoms with Crippen LogP contribution in [0.3, 0.4) is 0 Å². The van der Waals surface area contributed by atoms with Crippen LogP contribution in [-0.2, 0) is 19.1 Å². The van der Waals surface area contributed by atoms with E-state index in [1.54, 1.807) is 46.1 Å². The van der Waals surface area contributed by atoms with E-state index < -0.39 is 29.1 Å². The minimum absolute atomic E-state index is 0.0572. The van der Waals surface area contributed by atoms with E-state index in [0.29, 0.717) is 49.4 Å². The molecule has 5 rings (SSSR count). The van der Waals surface area contributed by atoms with E-state index in [1.807, 2.05) is 56.3 Å². The van der Waals surface area contributed by atoms with Gasteiger partial charge in [0.05, 0.1) is 24.5 Å². The highest BCUT2D eigenvalue weighted by Crippen LogP contribution is 2.65. The zero-order valence-electron chi connectivity index (χ0n) is 26.6. The summed E-state index contributed by atoms with van der Waals surface area (Å²) in [5.41, 5.74) is -0.765. The van der Waals surface area contributed by atoms with E-state index in [2.05, 4.69) is 13.2 Å². The number of amides is 3. The maximum absolute atomic E-state index is 14.8. The van der Waals surface area contributed by atoms with Crippen molar-refractivity contribution in [1.29, 1.82) is 0 Å². The average molecular weight is 616 g/mol. The molecule has 0 aromatic heterocycles. The molecule has 1 spiro atoms. The molecule has 0 saturated carbocycles. The summed E-state index contributed by atoms with van der Waals surface area (Å²) in [4.78, 5) is 49.1. The standard InChI is InChI=1S/C36H45N3O6/c1-6-20-37(26-14-10-8-11-15-26)32(41)29-30-33(42)39(22-12-9-13-23-40)31(36(30)24-25(3)35(29,4)45-36)34(43)38(21-7-2)27-16-18-28(44-5)19-17-27/h6-8,10-11,14-19,25,29-31,40H,1-2,9,12-13,20-24H2,3-5H3/t25?,29-,30-,31?,35+,36?/m0/s1. The van der Waals surface area contributed by atoms with Gasteiger partial charge in [0.15, 0.2) is 0 Å². The van der Waals surface area contributed by atoms with Gasteiger partial charge in [-0.2, -0.15) is 0 Å². The van der Waals surface area contributed by atoms with E-state index in [0.717, 1.165) is 0 Å². The number of carbonyl (C=O) groups is 3. The highest BCUT2D eigenvalue weighted by molar-refractivity contribution is 6.07. The average Bonchev–Trinajstić information content (AvgIpc) is 3.56. The van der Waals surface area contributed by atoms with Crippen LogP contribution in [0.15, 0.2) is 79.9 Å². The van der Waals surface area contributed by atoms with Crippen LogP contribution >= 0.6 is 0 Å². The number of ether oxygens (including phenoxy) is 2. The van der Waals surface area contributed by atoms with E-state index >= 15 is 0 Å². The summed E-state index contributed by atoms with van der Waals surface area (Å²) >= 11 is 0. The number of nitrogens with zero attached hydrogens (tertiary/aromatic N) is 3. The molecule has 2 bridgehead atoms. The summed E-state index contributed by atoms with van der Waals surface area (Å²) in [6, 6.07) is 15.7. The van der Waals surface area contributed by atoms with Crippen molar-refractivity contribution in [3.8, 4) is 5.75 Å². The summed E-state index contributed by atoms with van der Waals surface area (Å²) in [5.74, 6) is -1.75. The first-order chi connectivity index (χ1) is 21.7. The highest BCUT2D eigenvalue weighted by atomic mass is 16.5. The third-order valence-electron chi connectivity index (χ3n) is 9.98. The molecule has 3 aliphatic heterocycles. The lowest BCUT2D eigenvalue weighted by atomic mass is 9.62. The normalized spacial score (nSPS) is 28.1. The van der Waals surface area contributed by atoms with Crippen molar-refractivity contribution < 1.29 is 29.0 Å². The van der Waals surface area contributed by atoms with Crippen molar-refractivity contribution in [3.63, 3.8) is 0 Å². The van der Waals surface area contributed by atoms with Crippen molar-refractivity contribution in [1.82, 2.24) is 4.90 Å². The Kier molecular flexibility index (Phi) is 9.51. The van der Waals surface area contributed by atoms with Gasteiger partial charge in [-0.1, -0.05) is 37.3 Å². The molecule has 3 amide bonds. The zero-order chi connectivity index (χ0) is 32.4. The van der Waals surface area contributed by atoms with Gasteiger partial charge in [-0.3, -0.25) is 14.4 Å². The van der Waals surface area contributed by atoms with Gasteiger partial charge >= 0.3 is 0 Å². The Bertz CT molecular complexity index is 1410. The second kappa shape index (κ2) is 13.2. The Hall–Kier alpha value is -3.95. The summed E-state index contributed by atoms with van der Waals surface area (Å²) < 4.78 is 12.3. The van der Waals surface area contributed by atoms with Gasteiger partial charge in [-0.15, -0.1) is 13.2 Å². The van der Waals surface area contributed by atoms with E-state index in [9.17, 15) is 19.5 Å². The molecule has 6 atom stereocenters. The van der Waals surface area contributed by atoms with Gasteiger partial charge in [0.2, 0.25) is 11.8 Å². The summed E-state index contributed by atoms with van der Waals surface area (Å²) in [6.45, 7) is 12.6. The summed E-state index contributed by atoms with van der Waals surface area (Å²) in [6.07, 6.45) is 5.73. The van der Waals surface area contributed by atoms with Crippen molar-refractivity contribution >= 4 is 29.1 Å². The molecule has 3 saturated heterocycles. The van der Waals surface area contributed by atoms with Crippen LogP contribution in [0.2, 0.25) is 0 Å². The van der Waals surface area contributed by atoms with Gasteiger partial charge in [-0.25, -0.2) is 0 Å². The number of fused-ring (bicyclic) bond motifs is 1. The van der Waals surface area contributed by atoms with Gasteiger partial charge < -0.3 is 29.3 Å². The molecule has 2 aromatic carbocycles.